The molecule has 0 heterocycles. The highest BCUT2D eigenvalue weighted by molar-refractivity contribution is 5.81. The summed E-state index contributed by atoms with van der Waals surface area (Å²) in [6.07, 6.45) is 1.38. The smallest absolute Gasteiger partial charge is 0.153 e. The van der Waals surface area contributed by atoms with Crippen molar-refractivity contribution >= 4 is 12.6 Å². The lowest BCUT2D eigenvalue weighted by molar-refractivity contribution is 0.111. The molecule has 2 rings (SSSR count). The van der Waals surface area contributed by atoms with E-state index in [4.69, 9.17) is 0 Å². The van der Waals surface area contributed by atoms with Gasteiger partial charge in [-0.05, 0) is 23.3 Å². The molecule has 0 bridgehead atoms. The molecule has 0 atom stereocenters. The Labute approximate surface area is 137 Å². The van der Waals surface area contributed by atoms with E-state index in [-0.39, 0.29) is 29.0 Å². The molecule has 0 saturated heterocycles. The maximum atomic E-state index is 10.7. The van der Waals surface area contributed by atoms with Crippen molar-refractivity contribution in [1.82, 2.24) is 0 Å². The molecule has 0 fully saturated rings. The van der Waals surface area contributed by atoms with Crippen molar-refractivity contribution in [3.8, 4) is 11.5 Å². The lowest BCUT2D eigenvalue weighted by atomic mass is 9.99. The van der Waals surface area contributed by atoms with Crippen molar-refractivity contribution < 1.29 is 19.8 Å². The van der Waals surface area contributed by atoms with Crippen LogP contribution in [0.25, 0.3) is 0 Å². The molecule has 2 N–H and O–H groups in total. The summed E-state index contributed by atoms with van der Waals surface area (Å²) < 4.78 is 0. The summed E-state index contributed by atoms with van der Waals surface area (Å²) in [7, 11) is 0. The zero-order valence-corrected chi connectivity index (χ0v) is 14.0. The van der Waals surface area contributed by atoms with E-state index >= 15 is 0 Å². The van der Waals surface area contributed by atoms with Gasteiger partial charge in [0.05, 0.1) is 11.1 Å². The van der Waals surface area contributed by atoms with E-state index in [1.54, 1.807) is 24.3 Å². The molecule has 0 aromatic heterocycles. The Morgan fingerprint density at radius 3 is 1.39 bits per heavy atom. The summed E-state index contributed by atoms with van der Waals surface area (Å²) in [5, 5.41) is 19.8. The largest absolute Gasteiger partial charge is 0.507 e. The van der Waals surface area contributed by atoms with E-state index in [1.807, 2.05) is 27.7 Å². The minimum atomic E-state index is -0.103. The quantitative estimate of drug-likeness (QED) is 0.822. The Bertz CT molecular complexity index is 578. The van der Waals surface area contributed by atoms with E-state index < -0.39 is 0 Å². The molecule has 124 valence electrons. The van der Waals surface area contributed by atoms with Crippen LogP contribution in [-0.4, -0.2) is 22.8 Å². The molecule has 23 heavy (non-hydrogen) atoms. The van der Waals surface area contributed by atoms with Gasteiger partial charge in [0.15, 0.2) is 12.6 Å². The third-order valence-electron chi connectivity index (χ3n) is 2.94. The van der Waals surface area contributed by atoms with Gasteiger partial charge in [0.2, 0.25) is 0 Å². The Morgan fingerprint density at radius 2 is 1.09 bits per heavy atom. The lowest BCUT2D eigenvalue weighted by Gasteiger charge is -2.09. The van der Waals surface area contributed by atoms with Crippen molar-refractivity contribution in [2.45, 2.75) is 34.1 Å². The Kier molecular flexibility index (Phi) is 9.76. The molecule has 4 heteroatoms. The first-order chi connectivity index (χ1) is 11.2. The van der Waals surface area contributed by atoms with Crippen LogP contribution in [0.3, 0.4) is 0 Å². The van der Waals surface area contributed by atoms with Crippen molar-refractivity contribution in [3.05, 3.63) is 58.7 Å². The van der Waals surface area contributed by atoms with Crippen LogP contribution < -0.4 is 0 Å². The van der Waals surface area contributed by atoms with Crippen molar-refractivity contribution in [1.29, 1.82) is 0 Å². The van der Waals surface area contributed by atoms with E-state index in [2.05, 4.69) is 0 Å². The van der Waals surface area contributed by atoms with Gasteiger partial charge < -0.3 is 10.2 Å². The van der Waals surface area contributed by atoms with E-state index in [1.165, 1.54) is 12.1 Å². The standard InChI is InChI=1S/C15H12O4.2C2H6/c16-8-12-5-1-3-10(14(12)18)7-11-4-2-6-13(9-17)15(11)19;2*1-2/h1-6,8-9,18-19H,7H2;2*1-2H3. The topological polar surface area (TPSA) is 74.6 Å². The van der Waals surface area contributed by atoms with Crippen LogP contribution in [0.15, 0.2) is 36.4 Å². The molecule has 0 aliphatic rings. The average Bonchev–Trinajstić information content (AvgIpc) is 2.62. The van der Waals surface area contributed by atoms with Gasteiger partial charge in [0, 0.05) is 6.42 Å². The van der Waals surface area contributed by atoms with Crippen LogP contribution in [-0.2, 0) is 6.42 Å². The predicted molar refractivity (Wildman–Crippen MR) is 92.5 cm³/mol. The molecule has 0 saturated carbocycles. The molecular formula is C19H24O4. The molecule has 0 spiro atoms. The highest BCUT2D eigenvalue weighted by Crippen LogP contribution is 2.28. The lowest BCUT2D eigenvalue weighted by Crippen LogP contribution is -1.94. The first-order valence-electron chi connectivity index (χ1n) is 7.69. The zero-order valence-electron chi connectivity index (χ0n) is 14.0. The zero-order chi connectivity index (χ0) is 17.8. The molecule has 0 unspecified atom stereocenters. The number of hydrogen-bond donors (Lipinski definition) is 2. The molecule has 0 amide bonds. The second kappa shape index (κ2) is 11.0. The van der Waals surface area contributed by atoms with Crippen molar-refractivity contribution in [2.75, 3.05) is 0 Å². The number of carbonyl (C=O) groups excluding carboxylic acids is 2. The second-order valence-electron chi connectivity index (χ2n) is 4.12. The third kappa shape index (κ3) is 5.25. The molecule has 0 aliphatic heterocycles. The van der Waals surface area contributed by atoms with Crippen LogP contribution in [0, 0.1) is 0 Å². The monoisotopic (exact) mass is 316 g/mol. The molecule has 4 nitrogen and oxygen atoms in total. The van der Waals surface area contributed by atoms with Gasteiger partial charge in [-0.15, -0.1) is 0 Å². The van der Waals surface area contributed by atoms with E-state index in [9.17, 15) is 19.8 Å². The summed E-state index contributed by atoms with van der Waals surface area (Å²) in [6, 6.07) is 9.64. The number of para-hydroxylation sites is 2. The van der Waals surface area contributed by atoms with E-state index in [0.29, 0.717) is 23.7 Å². The molecular weight excluding hydrogens is 292 g/mol. The highest BCUT2D eigenvalue weighted by Gasteiger charge is 2.11. The number of aldehydes is 2. The average molecular weight is 316 g/mol. The van der Waals surface area contributed by atoms with Gasteiger partial charge in [-0.1, -0.05) is 52.0 Å². The van der Waals surface area contributed by atoms with Crippen LogP contribution in [0.4, 0.5) is 0 Å². The van der Waals surface area contributed by atoms with Crippen molar-refractivity contribution in [2.24, 2.45) is 0 Å². The SMILES string of the molecule is CC.CC.O=Cc1cccc(Cc2cccc(C=O)c2O)c1O. The maximum absolute atomic E-state index is 10.7. The van der Waals surface area contributed by atoms with Gasteiger partial charge >= 0.3 is 0 Å². The Hall–Kier alpha value is -2.62. The number of phenols is 2. The van der Waals surface area contributed by atoms with Gasteiger partial charge in [0.1, 0.15) is 11.5 Å². The second-order valence-corrected chi connectivity index (χ2v) is 4.12. The van der Waals surface area contributed by atoms with Gasteiger partial charge in [-0.25, -0.2) is 0 Å². The summed E-state index contributed by atoms with van der Waals surface area (Å²) in [4.78, 5) is 21.5. The van der Waals surface area contributed by atoms with Gasteiger partial charge in [0.25, 0.3) is 0 Å². The fourth-order valence-electron chi connectivity index (χ4n) is 1.90. The number of phenolic OH excluding ortho intramolecular Hbond substituents is 2. The highest BCUT2D eigenvalue weighted by atomic mass is 16.3. The predicted octanol–water partition coefficient (Wildman–Crippen LogP) is 4.37. The Morgan fingerprint density at radius 1 is 0.739 bits per heavy atom. The normalized spacial score (nSPS) is 8.87. The van der Waals surface area contributed by atoms with Crippen LogP contribution in [0.1, 0.15) is 59.5 Å². The fraction of sp³-hybridized carbons (Fsp3) is 0.263. The molecule has 0 radical (unpaired) electrons. The molecule has 2 aromatic rings. The number of hydrogen-bond acceptors (Lipinski definition) is 4. The van der Waals surface area contributed by atoms with Crippen molar-refractivity contribution in [3.63, 3.8) is 0 Å². The number of carbonyl (C=O) groups is 2. The van der Waals surface area contributed by atoms with Crippen LogP contribution in [0.2, 0.25) is 0 Å². The summed E-state index contributed by atoms with van der Waals surface area (Å²) in [6.45, 7) is 8.00. The third-order valence-corrected chi connectivity index (χ3v) is 2.94. The fourth-order valence-corrected chi connectivity index (χ4v) is 1.90. The number of benzene rings is 2. The summed E-state index contributed by atoms with van der Waals surface area (Å²) >= 11 is 0. The first kappa shape index (κ1) is 20.4. The minimum Gasteiger partial charge on any atom is -0.507 e. The minimum absolute atomic E-state index is 0.103. The van der Waals surface area contributed by atoms with Crippen LogP contribution in [0.5, 0.6) is 11.5 Å². The summed E-state index contributed by atoms with van der Waals surface area (Å²) in [5.74, 6) is -0.207. The Balaban J connectivity index is 0.00000112. The van der Waals surface area contributed by atoms with Gasteiger partial charge in [-0.3, -0.25) is 9.59 Å². The summed E-state index contributed by atoms with van der Waals surface area (Å²) in [5.41, 5.74) is 1.43. The molecule has 2 aromatic carbocycles. The number of rotatable bonds is 4. The van der Waals surface area contributed by atoms with Crippen LogP contribution >= 0.6 is 0 Å². The first-order valence-corrected chi connectivity index (χ1v) is 7.69. The molecule has 0 aliphatic carbocycles. The van der Waals surface area contributed by atoms with E-state index in [0.717, 1.165) is 0 Å². The maximum Gasteiger partial charge on any atom is 0.153 e. The van der Waals surface area contributed by atoms with Gasteiger partial charge in [-0.2, -0.15) is 0 Å². The number of aromatic hydroxyl groups is 2.